The quantitative estimate of drug-likeness (QED) is 0.757. The van der Waals surface area contributed by atoms with Crippen LogP contribution in [0.25, 0.3) is 0 Å². The van der Waals surface area contributed by atoms with Crippen molar-refractivity contribution >= 4 is 11.9 Å². The largest absolute Gasteiger partial charge is 0.481 e. The number of hydrogen-bond acceptors (Lipinski definition) is 2. The lowest BCUT2D eigenvalue weighted by molar-refractivity contribution is -0.141. The Morgan fingerprint density at radius 2 is 1.90 bits per heavy atom. The first-order chi connectivity index (χ1) is 10.1. The van der Waals surface area contributed by atoms with Crippen LogP contribution < -0.4 is 5.32 Å². The van der Waals surface area contributed by atoms with Crippen molar-refractivity contribution in [2.75, 3.05) is 0 Å². The van der Waals surface area contributed by atoms with Gasteiger partial charge in [0.05, 0.1) is 5.92 Å². The normalized spacial score (nSPS) is 27.7. The van der Waals surface area contributed by atoms with Gasteiger partial charge in [0, 0.05) is 12.0 Å². The fourth-order valence-electron chi connectivity index (χ4n) is 4.01. The van der Waals surface area contributed by atoms with E-state index in [1.54, 1.807) is 0 Å². The van der Waals surface area contributed by atoms with Crippen LogP contribution in [-0.2, 0) is 9.59 Å². The average molecular weight is 295 g/mol. The zero-order chi connectivity index (χ0) is 15.2. The van der Waals surface area contributed by atoms with Gasteiger partial charge in [0.15, 0.2) is 0 Å². The molecule has 2 rings (SSSR count). The summed E-state index contributed by atoms with van der Waals surface area (Å²) in [6, 6.07) is 0.0709. The molecular weight excluding hydrogens is 266 g/mol. The van der Waals surface area contributed by atoms with Gasteiger partial charge in [0.1, 0.15) is 0 Å². The minimum Gasteiger partial charge on any atom is -0.481 e. The summed E-state index contributed by atoms with van der Waals surface area (Å²) in [5, 5.41) is 12.2. The molecule has 2 aliphatic rings. The van der Waals surface area contributed by atoms with Crippen LogP contribution >= 0.6 is 0 Å². The topological polar surface area (TPSA) is 66.4 Å². The summed E-state index contributed by atoms with van der Waals surface area (Å²) in [6.07, 6.45) is 10.3. The van der Waals surface area contributed by atoms with Crippen LogP contribution in [-0.4, -0.2) is 23.0 Å². The average Bonchev–Trinajstić information content (AvgIpc) is 3.09. The first-order valence-corrected chi connectivity index (χ1v) is 8.63. The lowest BCUT2D eigenvalue weighted by Crippen LogP contribution is -2.38. The molecule has 1 amide bonds. The highest BCUT2D eigenvalue weighted by Gasteiger charge is 2.32. The van der Waals surface area contributed by atoms with Crippen LogP contribution in [0.3, 0.4) is 0 Å². The number of carbonyl (C=O) groups is 2. The van der Waals surface area contributed by atoms with Crippen molar-refractivity contribution in [1.82, 2.24) is 5.32 Å². The first kappa shape index (κ1) is 16.3. The molecule has 3 atom stereocenters. The van der Waals surface area contributed by atoms with Gasteiger partial charge < -0.3 is 10.4 Å². The van der Waals surface area contributed by atoms with Crippen molar-refractivity contribution in [3.63, 3.8) is 0 Å². The van der Waals surface area contributed by atoms with Crippen molar-refractivity contribution in [3.8, 4) is 0 Å². The minimum absolute atomic E-state index is 0.0709. The molecule has 21 heavy (non-hydrogen) atoms. The first-order valence-electron chi connectivity index (χ1n) is 8.63. The van der Waals surface area contributed by atoms with Crippen LogP contribution in [0.15, 0.2) is 0 Å². The maximum absolute atomic E-state index is 12.5. The second-order valence-electron chi connectivity index (χ2n) is 6.93. The maximum Gasteiger partial charge on any atom is 0.306 e. The summed E-state index contributed by atoms with van der Waals surface area (Å²) >= 11 is 0. The molecule has 4 nitrogen and oxygen atoms in total. The molecule has 1 unspecified atom stereocenters. The van der Waals surface area contributed by atoms with Gasteiger partial charge in [-0.2, -0.15) is 0 Å². The number of carboxylic acids is 1. The number of carbonyl (C=O) groups excluding carboxylic acids is 1. The van der Waals surface area contributed by atoms with Crippen LogP contribution in [0.4, 0.5) is 0 Å². The second-order valence-corrected chi connectivity index (χ2v) is 6.93. The summed E-state index contributed by atoms with van der Waals surface area (Å²) in [4.78, 5) is 23.5. The van der Waals surface area contributed by atoms with Gasteiger partial charge in [-0.15, -0.1) is 0 Å². The standard InChI is InChI=1S/C17H29NO3/c1-2-5-13(10-12-6-3-4-7-12)16(19)18-15-9-8-14(11-15)17(20)21/h12-15H,2-11H2,1H3,(H,18,19)(H,20,21)/t13?,14-,15+/m0/s1. The Balaban J connectivity index is 1.82. The van der Waals surface area contributed by atoms with E-state index in [0.29, 0.717) is 12.8 Å². The van der Waals surface area contributed by atoms with Crippen molar-refractivity contribution in [1.29, 1.82) is 0 Å². The van der Waals surface area contributed by atoms with E-state index in [0.717, 1.165) is 31.6 Å². The Hall–Kier alpha value is -1.06. The predicted molar refractivity (Wildman–Crippen MR) is 81.9 cm³/mol. The molecule has 0 heterocycles. The van der Waals surface area contributed by atoms with E-state index in [1.165, 1.54) is 25.7 Å². The molecule has 2 aliphatic carbocycles. The van der Waals surface area contributed by atoms with Crippen molar-refractivity contribution in [3.05, 3.63) is 0 Å². The molecule has 0 aromatic heterocycles. The molecule has 120 valence electrons. The Kier molecular flexibility index (Phi) is 6.07. The van der Waals surface area contributed by atoms with Gasteiger partial charge in [-0.3, -0.25) is 9.59 Å². The van der Waals surface area contributed by atoms with Gasteiger partial charge >= 0.3 is 5.97 Å². The fraction of sp³-hybridized carbons (Fsp3) is 0.882. The molecule has 2 saturated carbocycles. The van der Waals surface area contributed by atoms with E-state index in [9.17, 15) is 9.59 Å². The molecule has 0 aromatic rings. The Labute approximate surface area is 127 Å². The van der Waals surface area contributed by atoms with E-state index >= 15 is 0 Å². The van der Waals surface area contributed by atoms with E-state index in [2.05, 4.69) is 12.2 Å². The van der Waals surface area contributed by atoms with Crippen molar-refractivity contribution < 1.29 is 14.7 Å². The Morgan fingerprint density at radius 3 is 2.48 bits per heavy atom. The lowest BCUT2D eigenvalue weighted by Gasteiger charge is -2.22. The smallest absolute Gasteiger partial charge is 0.306 e. The van der Waals surface area contributed by atoms with Crippen LogP contribution in [0, 0.1) is 17.8 Å². The molecular formula is C17H29NO3. The third-order valence-electron chi connectivity index (χ3n) is 5.23. The summed E-state index contributed by atoms with van der Waals surface area (Å²) in [5.41, 5.74) is 0. The van der Waals surface area contributed by atoms with Gasteiger partial charge in [-0.25, -0.2) is 0 Å². The van der Waals surface area contributed by atoms with E-state index in [4.69, 9.17) is 5.11 Å². The molecule has 4 heteroatoms. The summed E-state index contributed by atoms with van der Waals surface area (Å²) in [7, 11) is 0. The van der Waals surface area contributed by atoms with Crippen LogP contribution in [0.5, 0.6) is 0 Å². The molecule has 0 aromatic carbocycles. The minimum atomic E-state index is -0.720. The Bertz CT molecular complexity index is 363. The summed E-state index contributed by atoms with van der Waals surface area (Å²) < 4.78 is 0. The van der Waals surface area contributed by atoms with E-state index in [1.807, 2.05) is 0 Å². The highest BCUT2D eigenvalue weighted by atomic mass is 16.4. The highest BCUT2D eigenvalue weighted by molar-refractivity contribution is 5.79. The Morgan fingerprint density at radius 1 is 1.19 bits per heavy atom. The van der Waals surface area contributed by atoms with Crippen LogP contribution in [0.2, 0.25) is 0 Å². The maximum atomic E-state index is 12.5. The van der Waals surface area contributed by atoms with Gasteiger partial charge in [-0.1, -0.05) is 39.0 Å². The molecule has 0 aliphatic heterocycles. The lowest BCUT2D eigenvalue weighted by atomic mass is 9.89. The molecule has 0 radical (unpaired) electrons. The number of hydrogen-bond donors (Lipinski definition) is 2. The summed E-state index contributed by atoms with van der Waals surface area (Å²) in [5.74, 6) is 0.0296. The van der Waals surface area contributed by atoms with Crippen molar-refractivity contribution in [2.24, 2.45) is 17.8 Å². The SMILES string of the molecule is CCCC(CC1CCCC1)C(=O)N[C@@H]1CC[C@H](C(=O)O)C1. The molecule has 2 N–H and O–H groups in total. The number of carboxylic acid groups (broad SMARTS) is 1. The van der Waals surface area contributed by atoms with E-state index < -0.39 is 5.97 Å². The van der Waals surface area contributed by atoms with Gasteiger partial charge in [-0.05, 0) is 38.0 Å². The fourth-order valence-corrected chi connectivity index (χ4v) is 4.01. The van der Waals surface area contributed by atoms with Crippen LogP contribution in [0.1, 0.15) is 71.1 Å². The number of nitrogens with one attached hydrogen (secondary N) is 1. The van der Waals surface area contributed by atoms with Gasteiger partial charge in [0.2, 0.25) is 5.91 Å². The third-order valence-corrected chi connectivity index (χ3v) is 5.23. The monoisotopic (exact) mass is 295 g/mol. The number of rotatable bonds is 7. The third kappa shape index (κ3) is 4.72. The highest BCUT2D eigenvalue weighted by Crippen LogP contribution is 2.32. The van der Waals surface area contributed by atoms with E-state index in [-0.39, 0.29) is 23.8 Å². The second kappa shape index (κ2) is 7.81. The molecule has 0 bridgehead atoms. The summed E-state index contributed by atoms with van der Waals surface area (Å²) in [6.45, 7) is 2.13. The van der Waals surface area contributed by atoms with Crippen molar-refractivity contribution in [2.45, 2.75) is 77.2 Å². The number of amides is 1. The molecule has 0 saturated heterocycles. The zero-order valence-corrected chi connectivity index (χ0v) is 13.1. The van der Waals surface area contributed by atoms with Gasteiger partial charge in [0.25, 0.3) is 0 Å². The molecule has 2 fully saturated rings. The number of aliphatic carboxylic acids is 1. The molecule has 0 spiro atoms. The predicted octanol–water partition coefficient (Wildman–Crippen LogP) is 3.35. The zero-order valence-electron chi connectivity index (χ0n) is 13.1.